The lowest BCUT2D eigenvalue weighted by Crippen LogP contribution is -2.51. The smallest absolute Gasteiger partial charge is 0.409 e. The fourth-order valence-electron chi connectivity index (χ4n) is 3.54. The number of ether oxygens (including phenoxy) is 1. The van der Waals surface area contributed by atoms with Crippen LogP contribution in [-0.4, -0.2) is 75.1 Å². The minimum absolute atomic E-state index is 0.00200. The van der Waals surface area contributed by atoms with Crippen molar-refractivity contribution in [3.8, 4) is 17.1 Å². The molecule has 0 bridgehead atoms. The van der Waals surface area contributed by atoms with E-state index in [0.717, 1.165) is 17.0 Å². The maximum absolute atomic E-state index is 12.8. The molecule has 1 saturated heterocycles. The zero-order valence-corrected chi connectivity index (χ0v) is 18.9. The molecule has 2 aromatic heterocycles. The summed E-state index contributed by atoms with van der Waals surface area (Å²) in [4.78, 5) is 28.1. The van der Waals surface area contributed by atoms with E-state index < -0.39 is 0 Å². The Morgan fingerprint density at radius 1 is 1.06 bits per heavy atom. The fourth-order valence-corrected chi connectivity index (χ4v) is 4.39. The predicted molar refractivity (Wildman–Crippen MR) is 120 cm³/mol. The van der Waals surface area contributed by atoms with E-state index >= 15 is 0 Å². The van der Waals surface area contributed by atoms with Crippen LogP contribution in [0.4, 0.5) is 4.79 Å². The van der Waals surface area contributed by atoms with Gasteiger partial charge in [-0.25, -0.2) is 4.79 Å². The van der Waals surface area contributed by atoms with E-state index in [1.165, 1.54) is 11.8 Å². The number of nitrogens with zero attached hydrogens (tertiary/aromatic N) is 5. The first-order valence-corrected chi connectivity index (χ1v) is 11.4. The Morgan fingerprint density at radius 3 is 2.44 bits per heavy atom. The summed E-state index contributed by atoms with van der Waals surface area (Å²) in [5, 5.41) is 9.37. The number of thioether (sulfide) groups is 1. The van der Waals surface area contributed by atoms with Gasteiger partial charge in [0, 0.05) is 31.9 Å². The SMILES string of the molecule is CCOC(=O)N1CCN(C(=O)CSc2nnc(-c3ccoc3C)n2-c2ccccc2)CC1. The van der Waals surface area contributed by atoms with Gasteiger partial charge in [-0.05, 0) is 32.0 Å². The molecule has 2 amide bonds. The number of rotatable bonds is 6. The summed E-state index contributed by atoms with van der Waals surface area (Å²) in [6, 6.07) is 11.7. The number of aromatic nitrogens is 3. The van der Waals surface area contributed by atoms with Crippen LogP contribution in [0.15, 0.2) is 52.2 Å². The number of hydrogen-bond acceptors (Lipinski definition) is 7. The molecule has 0 aliphatic carbocycles. The van der Waals surface area contributed by atoms with Gasteiger partial charge in [0.2, 0.25) is 5.91 Å². The highest BCUT2D eigenvalue weighted by molar-refractivity contribution is 7.99. The number of aryl methyl sites for hydroxylation is 1. The second kappa shape index (κ2) is 9.90. The van der Waals surface area contributed by atoms with E-state index in [0.29, 0.717) is 43.8 Å². The highest BCUT2D eigenvalue weighted by Crippen LogP contribution is 2.30. The van der Waals surface area contributed by atoms with E-state index in [1.807, 2.05) is 47.9 Å². The first-order chi connectivity index (χ1) is 15.6. The molecule has 1 aliphatic heterocycles. The topological polar surface area (TPSA) is 93.7 Å². The molecule has 0 spiro atoms. The molecule has 0 unspecified atom stereocenters. The van der Waals surface area contributed by atoms with Crippen molar-refractivity contribution in [2.45, 2.75) is 19.0 Å². The van der Waals surface area contributed by atoms with Crippen LogP contribution in [0.5, 0.6) is 0 Å². The summed E-state index contributed by atoms with van der Waals surface area (Å²) in [7, 11) is 0. The van der Waals surface area contributed by atoms with Gasteiger partial charge in [0.25, 0.3) is 0 Å². The maximum atomic E-state index is 12.8. The van der Waals surface area contributed by atoms with E-state index in [-0.39, 0.29) is 17.8 Å². The molecule has 1 aliphatic rings. The van der Waals surface area contributed by atoms with Crippen molar-refractivity contribution >= 4 is 23.8 Å². The van der Waals surface area contributed by atoms with E-state index in [4.69, 9.17) is 9.15 Å². The number of piperazine rings is 1. The Kier molecular flexibility index (Phi) is 6.79. The van der Waals surface area contributed by atoms with Crippen molar-refractivity contribution in [3.05, 3.63) is 48.4 Å². The Morgan fingerprint density at radius 2 is 1.78 bits per heavy atom. The Bertz CT molecular complexity index is 1070. The van der Waals surface area contributed by atoms with Gasteiger partial charge in [-0.2, -0.15) is 0 Å². The Balaban J connectivity index is 1.46. The average molecular weight is 456 g/mol. The first-order valence-electron chi connectivity index (χ1n) is 10.5. The molecule has 3 aromatic rings. The number of carbonyl (C=O) groups excluding carboxylic acids is 2. The minimum Gasteiger partial charge on any atom is -0.469 e. The van der Waals surface area contributed by atoms with Crippen molar-refractivity contribution in [2.75, 3.05) is 38.5 Å². The molecule has 0 N–H and O–H groups in total. The standard InChI is InChI=1S/C22H25N5O4S/c1-3-30-22(29)26-12-10-25(11-13-26)19(28)15-32-21-24-23-20(18-9-14-31-16(18)2)27(21)17-7-5-4-6-8-17/h4-9,14H,3,10-13,15H2,1-2H3. The summed E-state index contributed by atoms with van der Waals surface area (Å²) < 4.78 is 12.4. The average Bonchev–Trinajstić information content (AvgIpc) is 3.44. The van der Waals surface area contributed by atoms with Gasteiger partial charge in [0.1, 0.15) is 5.76 Å². The molecule has 0 radical (unpaired) electrons. The van der Waals surface area contributed by atoms with Gasteiger partial charge < -0.3 is 19.0 Å². The Hall–Kier alpha value is -3.27. The molecule has 9 nitrogen and oxygen atoms in total. The molecule has 0 atom stereocenters. The normalized spacial score (nSPS) is 13.9. The van der Waals surface area contributed by atoms with Crippen LogP contribution in [0, 0.1) is 6.92 Å². The molecule has 3 heterocycles. The summed E-state index contributed by atoms with van der Waals surface area (Å²) in [6.07, 6.45) is 1.30. The lowest BCUT2D eigenvalue weighted by Gasteiger charge is -2.34. The van der Waals surface area contributed by atoms with Crippen LogP contribution in [0.1, 0.15) is 12.7 Å². The second-order valence-corrected chi connectivity index (χ2v) is 8.17. The Labute approximate surface area is 190 Å². The molecule has 4 rings (SSSR count). The summed E-state index contributed by atoms with van der Waals surface area (Å²) in [5.41, 5.74) is 1.76. The monoisotopic (exact) mass is 455 g/mol. The minimum atomic E-state index is -0.327. The third-order valence-corrected chi connectivity index (χ3v) is 6.14. The summed E-state index contributed by atoms with van der Waals surface area (Å²) >= 11 is 1.35. The highest BCUT2D eigenvalue weighted by Gasteiger charge is 2.26. The van der Waals surface area contributed by atoms with Gasteiger partial charge >= 0.3 is 6.09 Å². The number of hydrogen-bond donors (Lipinski definition) is 0. The lowest BCUT2D eigenvalue weighted by atomic mass is 10.2. The fraction of sp³-hybridized carbons (Fsp3) is 0.364. The second-order valence-electron chi connectivity index (χ2n) is 7.22. The molecule has 1 aromatic carbocycles. The van der Waals surface area contributed by atoms with Crippen molar-refractivity contribution in [3.63, 3.8) is 0 Å². The third-order valence-electron chi connectivity index (χ3n) is 5.23. The van der Waals surface area contributed by atoms with Gasteiger partial charge in [0.15, 0.2) is 11.0 Å². The first kappa shape index (κ1) is 21.9. The summed E-state index contributed by atoms with van der Waals surface area (Å²) in [5.74, 6) is 1.65. The molecule has 1 fully saturated rings. The maximum Gasteiger partial charge on any atom is 0.409 e. The van der Waals surface area contributed by atoms with Gasteiger partial charge in [-0.3, -0.25) is 9.36 Å². The summed E-state index contributed by atoms with van der Waals surface area (Å²) in [6.45, 7) is 5.93. The van der Waals surface area contributed by atoms with Crippen molar-refractivity contribution in [1.29, 1.82) is 0 Å². The number of carbonyl (C=O) groups is 2. The third kappa shape index (κ3) is 4.64. The molecular formula is C22H25N5O4S. The van der Waals surface area contributed by atoms with E-state index in [9.17, 15) is 9.59 Å². The van der Waals surface area contributed by atoms with Crippen molar-refractivity contribution in [1.82, 2.24) is 24.6 Å². The molecular weight excluding hydrogens is 430 g/mol. The zero-order chi connectivity index (χ0) is 22.5. The van der Waals surface area contributed by atoms with E-state index in [2.05, 4.69) is 10.2 Å². The van der Waals surface area contributed by atoms with Gasteiger partial charge in [0.05, 0.1) is 24.2 Å². The lowest BCUT2D eigenvalue weighted by molar-refractivity contribution is -0.129. The predicted octanol–water partition coefficient (Wildman–Crippen LogP) is 3.23. The van der Waals surface area contributed by atoms with Crippen LogP contribution < -0.4 is 0 Å². The zero-order valence-electron chi connectivity index (χ0n) is 18.1. The van der Waals surface area contributed by atoms with Gasteiger partial charge in [-0.15, -0.1) is 10.2 Å². The van der Waals surface area contributed by atoms with Crippen LogP contribution >= 0.6 is 11.8 Å². The van der Waals surface area contributed by atoms with Crippen LogP contribution in [0.25, 0.3) is 17.1 Å². The molecule has 168 valence electrons. The largest absolute Gasteiger partial charge is 0.469 e. The van der Waals surface area contributed by atoms with Gasteiger partial charge in [-0.1, -0.05) is 30.0 Å². The molecule has 0 saturated carbocycles. The quantitative estimate of drug-likeness (QED) is 0.527. The van der Waals surface area contributed by atoms with Crippen molar-refractivity contribution < 1.29 is 18.7 Å². The number of amides is 2. The molecule has 32 heavy (non-hydrogen) atoms. The number of furan rings is 1. The highest BCUT2D eigenvalue weighted by atomic mass is 32.2. The number of para-hydroxylation sites is 1. The number of benzene rings is 1. The van der Waals surface area contributed by atoms with Crippen LogP contribution in [0.3, 0.4) is 0 Å². The van der Waals surface area contributed by atoms with Crippen LogP contribution in [0.2, 0.25) is 0 Å². The van der Waals surface area contributed by atoms with E-state index in [1.54, 1.807) is 23.0 Å². The van der Waals surface area contributed by atoms with Crippen molar-refractivity contribution in [2.24, 2.45) is 0 Å². The molecule has 10 heteroatoms. The van der Waals surface area contributed by atoms with Crippen LogP contribution in [-0.2, 0) is 9.53 Å².